The number of hydrogen-bond acceptors (Lipinski definition) is 4. The maximum absolute atomic E-state index is 5.89. The normalized spacial score (nSPS) is 15.3. The molecule has 1 saturated heterocycles. The second kappa shape index (κ2) is 6.69. The first kappa shape index (κ1) is 14.7. The Morgan fingerprint density at radius 2 is 1.78 bits per heavy atom. The summed E-state index contributed by atoms with van der Waals surface area (Å²) in [6.45, 7) is 3.69. The molecule has 118 valence electrons. The predicted molar refractivity (Wildman–Crippen MR) is 95.5 cm³/mol. The zero-order valence-electron chi connectivity index (χ0n) is 13.1. The summed E-state index contributed by atoms with van der Waals surface area (Å²) in [6.07, 6.45) is 3.82. The van der Waals surface area contributed by atoms with Crippen LogP contribution in [0.15, 0.2) is 48.5 Å². The highest BCUT2D eigenvalue weighted by Crippen LogP contribution is 2.31. The summed E-state index contributed by atoms with van der Waals surface area (Å²) in [4.78, 5) is 7.06. The number of ether oxygens (including phenoxy) is 1. The number of benzene rings is 2. The molecule has 1 aliphatic heterocycles. The number of thiazole rings is 1. The molecule has 0 radical (unpaired) electrons. The van der Waals surface area contributed by atoms with E-state index in [9.17, 15) is 0 Å². The fourth-order valence-corrected chi connectivity index (χ4v) is 3.85. The molecule has 2 aromatic carbocycles. The van der Waals surface area contributed by atoms with Gasteiger partial charge < -0.3 is 9.64 Å². The van der Waals surface area contributed by atoms with E-state index in [1.165, 1.54) is 31.5 Å². The van der Waals surface area contributed by atoms with E-state index in [2.05, 4.69) is 28.1 Å². The molecule has 3 aromatic rings. The topological polar surface area (TPSA) is 25.4 Å². The third-order valence-corrected chi connectivity index (χ3v) is 5.23. The molecule has 0 spiro atoms. The average molecular weight is 324 g/mol. The molecule has 1 aliphatic rings. The molecule has 4 rings (SSSR count). The number of likely N-dealkylation sites (tertiary alicyclic amines) is 1. The van der Waals surface area contributed by atoms with Crippen LogP contribution in [0, 0.1) is 0 Å². The van der Waals surface area contributed by atoms with Crippen molar-refractivity contribution in [2.24, 2.45) is 0 Å². The van der Waals surface area contributed by atoms with E-state index in [0.29, 0.717) is 5.19 Å². The smallest absolute Gasteiger partial charge is 0.279 e. The molecule has 23 heavy (non-hydrogen) atoms. The maximum Gasteiger partial charge on any atom is 0.279 e. The first-order chi connectivity index (χ1) is 11.4. The monoisotopic (exact) mass is 324 g/mol. The Labute approximate surface area is 140 Å². The second-order valence-corrected chi connectivity index (χ2v) is 6.99. The molecular formula is C19H20N2OS. The van der Waals surface area contributed by atoms with Crippen LogP contribution >= 0.6 is 11.3 Å². The van der Waals surface area contributed by atoms with Gasteiger partial charge in [0.05, 0.1) is 10.2 Å². The first-order valence-corrected chi connectivity index (χ1v) is 9.03. The minimum Gasteiger partial charge on any atom is -0.431 e. The van der Waals surface area contributed by atoms with Crippen LogP contribution in [0.3, 0.4) is 0 Å². The van der Waals surface area contributed by atoms with Crippen molar-refractivity contribution in [3.05, 3.63) is 54.1 Å². The van der Waals surface area contributed by atoms with Gasteiger partial charge in [0.2, 0.25) is 0 Å². The first-order valence-electron chi connectivity index (χ1n) is 8.21. The van der Waals surface area contributed by atoms with Gasteiger partial charge in [-0.25, -0.2) is 4.98 Å². The summed E-state index contributed by atoms with van der Waals surface area (Å²) in [6, 6.07) is 16.5. The van der Waals surface area contributed by atoms with Crippen LogP contribution in [0.4, 0.5) is 0 Å². The predicted octanol–water partition coefficient (Wildman–Crippen LogP) is 4.73. The van der Waals surface area contributed by atoms with Crippen LogP contribution in [0.25, 0.3) is 10.2 Å². The molecule has 0 N–H and O–H groups in total. The lowest BCUT2D eigenvalue weighted by molar-refractivity contribution is 0.343. The Hall–Kier alpha value is -1.91. The highest BCUT2D eigenvalue weighted by Gasteiger charge is 2.11. The standard InChI is InChI=1S/C19H20N2OS/c1-2-6-18-17(5-1)20-19(23-18)22-16-9-7-15(8-10-16)11-14-21-12-3-4-13-21/h1-2,5-10H,3-4,11-14H2. The minimum absolute atomic E-state index is 0.705. The van der Waals surface area contributed by atoms with Crippen molar-refractivity contribution in [1.29, 1.82) is 0 Å². The number of fused-ring (bicyclic) bond motifs is 1. The highest BCUT2D eigenvalue weighted by molar-refractivity contribution is 7.20. The summed E-state index contributed by atoms with van der Waals surface area (Å²) < 4.78 is 7.05. The Balaban J connectivity index is 1.39. The quantitative estimate of drug-likeness (QED) is 0.678. The van der Waals surface area contributed by atoms with Gasteiger partial charge in [-0.15, -0.1) is 0 Å². The molecule has 3 nitrogen and oxygen atoms in total. The fourth-order valence-electron chi connectivity index (χ4n) is 3.01. The lowest BCUT2D eigenvalue weighted by Crippen LogP contribution is -2.21. The lowest BCUT2D eigenvalue weighted by Gasteiger charge is -2.14. The molecule has 0 saturated carbocycles. The number of para-hydroxylation sites is 1. The zero-order chi connectivity index (χ0) is 15.5. The molecular weight excluding hydrogens is 304 g/mol. The third kappa shape index (κ3) is 3.54. The summed E-state index contributed by atoms with van der Waals surface area (Å²) >= 11 is 1.58. The van der Waals surface area contributed by atoms with Gasteiger partial charge in [0.25, 0.3) is 5.19 Å². The Morgan fingerprint density at radius 1 is 1.00 bits per heavy atom. The van der Waals surface area contributed by atoms with Gasteiger partial charge in [-0.1, -0.05) is 35.6 Å². The van der Waals surface area contributed by atoms with Crippen molar-refractivity contribution >= 4 is 21.6 Å². The maximum atomic E-state index is 5.89. The van der Waals surface area contributed by atoms with Gasteiger partial charge in [-0.3, -0.25) is 0 Å². The van der Waals surface area contributed by atoms with Gasteiger partial charge >= 0.3 is 0 Å². The van der Waals surface area contributed by atoms with E-state index in [-0.39, 0.29) is 0 Å². The summed E-state index contributed by atoms with van der Waals surface area (Å²) in [5, 5.41) is 0.705. The van der Waals surface area contributed by atoms with Crippen molar-refractivity contribution in [3.8, 4) is 10.9 Å². The lowest BCUT2D eigenvalue weighted by atomic mass is 10.1. The Kier molecular flexibility index (Phi) is 4.26. The van der Waals surface area contributed by atoms with Crippen LogP contribution < -0.4 is 4.74 Å². The molecule has 0 atom stereocenters. The summed E-state index contributed by atoms with van der Waals surface area (Å²) in [5.41, 5.74) is 2.36. The molecule has 1 fully saturated rings. The van der Waals surface area contributed by atoms with Gasteiger partial charge in [-0.05, 0) is 62.2 Å². The number of rotatable bonds is 5. The molecule has 2 heterocycles. The van der Waals surface area contributed by atoms with E-state index in [1.807, 2.05) is 30.3 Å². The van der Waals surface area contributed by atoms with E-state index >= 15 is 0 Å². The number of aromatic nitrogens is 1. The molecule has 0 unspecified atom stereocenters. The molecule has 0 amide bonds. The molecule has 4 heteroatoms. The van der Waals surface area contributed by atoms with Gasteiger partial charge in [0, 0.05) is 6.54 Å². The summed E-state index contributed by atoms with van der Waals surface area (Å²) in [5.74, 6) is 0.856. The van der Waals surface area contributed by atoms with Crippen LogP contribution in [0.1, 0.15) is 18.4 Å². The largest absolute Gasteiger partial charge is 0.431 e. The van der Waals surface area contributed by atoms with Crippen LogP contribution in [0.5, 0.6) is 10.9 Å². The minimum atomic E-state index is 0.705. The summed E-state index contributed by atoms with van der Waals surface area (Å²) in [7, 11) is 0. The fraction of sp³-hybridized carbons (Fsp3) is 0.316. The molecule has 0 aliphatic carbocycles. The van der Waals surface area contributed by atoms with Gasteiger partial charge in [0.15, 0.2) is 0 Å². The van der Waals surface area contributed by atoms with Gasteiger partial charge in [0.1, 0.15) is 5.75 Å². The zero-order valence-corrected chi connectivity index (χ0v) is 13.9. The third-order valence-electron chi connectivity index (χ3n) is 4.32. The van der Waals surface area contributed by atoms with E-state index in [0.717, 1.165) is 28.9 Å². The van der Waals surface area contributed by atoms with Crippen LogP contribution in [-0.4, -0.2) is 29.5 Å². The van der Waals surface area contributed by atoms with Crippen molar-refractivity contribution in [1.82, 2.24) is 9.88 Å². The molecule has 0 bridgehead atoms. The average Bonchev–Trinajstić information content (AvgIpc) is 3.23. The molecule has 1 aromatic heterocycles. The van der Waals surface area contributed by atoms with Gasteiger partial charge in [-0.2, -0.15) is 0 Å². The van der Waals surface area contributed by atoms with Crippen LogP contribution in [-0.2, 0) is 6.42 Å². The SMILES string of the molecule is c1ccc2sc(Oc3ccc(CCN4CCCC4)cc3)nc2c1. The van der Waals surface area contributed by atoms with E-state index < -0.39 is 0 Å². The van der Waals surface area contributed by atoms with E-state index in [1.54, 1.807) is 11.3 Å². The van der Waals surface area contributed by atoms with Crippen molar-refractivity contribution in [3.63, 3.8) is 0 Å². The van der Waals surface area contributed by atoms with Crippen molar-refractivity contribution < 1.29 is 4.74 Å². The highest BCUT2D eigenvalue weighted by atomic mass is 32.1. The Morgan fingerprint density at radius 3 is 2.57 bits per heavy atom. The van der Waals surface area contributed by atoms with E-state index in [4.69, 9.17) is 4.74 Å². The second-order valence-electron chi connectivity index (χ2n) is 5.99. The van der Waals surface area contributed by atoms with Crippen LogP contribution in [0.2, 0.25) is 0 Å². The Bertz CT molecular complexity index is 742. The van der Waals surface area contributed by atoms with Crippen molar-refractivity contribution in [2.45, 2.75) is 19.3 Å². The number of nitrogens with zero attached hydrogens (tertiary/aromatic N) is 2. The number of hydrogen-bond donors (Lipinski definition) is 0. The van der Waals surface area contributed by atoms with Crippen molar-refractivity contribution in [2.75, 3.05) is 19.6 Å².